The second-order valence-electron chi connectivity index (χ2n) is 4.58. The van der Waals surface area contributed by atoms with Crippen LogP contribution in [0.5, 0.6) is 0 Å². The van der Waals surface area contributed by atoms with Gasteiger partial charge in [-0.2, -0.15) is 0 Å². The first-order chi connectivity index (χ1) is 7.63. The minimum atomic E-state index is -0.458. The zero-order chi connectivity index (χ0) is 12.4. The third-order valence-electron chi connectivity index (χ3n) is 3.10. The Kier molecular flexibility index (Phi) is 9.30. The summed E-state index contributed by atoms with van der Waals surface area (Å²) in [4.78, 5) is 11.2. The molecule has 0 aromatic carbocycles. The van der Waals surface area contributed by atoms with Crippen molar-refractivity contribution in [1.82, 2.24) is 0 Å². The van der Waals surface area contributed by atoms with Gasteiger partial charge in [-0.25, -0.2) is 0 Å². The van der Waals surface area contributed by atoms with Gasteiger partial charge in [0.05, 0.1) is 7.11 Å². The van der Waals surface area contributed by atoms with Crippen molar-refractivity contribution in [1.29, 1.82) is 0 Å². The number of hydrogen-bond acceptors (Lipinski definition) is 3. The van der Waals surface area contributed by atoms with E-state index in [4.69, 9.17) is 5.73 Å². The van der Waals surface area contributed by atoms with E-state index in [0.717, 1.165) is 12.8 Å². The number of rotatable bonds is 9. The van der Waals surface area contributed by atoms with Crippen LogP contribution in [0.3, 0.4) is 0 Å². The van der Waals surface area contributed by atoms with Crippen LogP contribution in [0.15, 0.2) is 0 Å². The molecule has 0 saturated heterocycles. The van der Waals surface area contributed by atoms with Crippen LogP contribution >= 0.6 is 0 Å². The van der Waals surface area contributed by atoms with Crippen LogP contribution in [0.4, 0.5) is 0 Å². The van der Waals surface area contributed by atoms with E-state index in [9.17, 15) is 4.79 Å². The third kappa shape index (κ3) is 6.83. The van der Waals surface area contributed by atoms with E-state index in [-0.39, 0.29) is 11.9 Å². The van der Waals surface area contributed by atoms with Gasteiger partial charge in [-0.1, -0.05) is 52.4 Å². The number of esters is 1. The van der Waals surface area contributed by atoms with Crippen molar-refractivity contribution in [2.45, 2.75) is 64.8 Å². The molecule has 0 aliphatic heterocycles. The monoisotopic (exact) mass is 229 g/mol. The first-order valence-electron chi connectivity index (χ1n) is 6.46. The minimum Gasteiger partial charge on any atom is -0.468 e. The molecule has 2 N–H and O–H groups in total. The van der Waals surface area contributed by atoms with E-state index < -0.39 is 6.04 Å². The predicted molar refractivity (Wildman–Crippen MR) is 67.1 cm³/mol. The Labute approximate surface area is 99.7 Å². The summed E-state index contributed by atoms with van der Waals surface area (Å²) in [5, 5.41) is 0. The molecule has 96 valence electrons. The van der Waals surface area contributed by atoms with Crippen molar-refractivity contribution >= 4 is 5.97 Å². The Morgan fingerprint density at radius 3 is 2.31 bits per heavy atom. The lowest BCUT2D eigenvalue weighted by Crippen LogP contribution is -2.37. The first-order valence-corrected chi connectivity index (χ1v) is 6.46. The molecule has 0 aromatic heterocycles. The summed E-state index contributed by atoms with van der Waals surface area (Å²) in [6, 6.07) is -0.458. The maximum atomic E-state index is 11.2. The molecule has 0 heterocycles. The van der Waals surface area contributed by atoms with Crippen LogP contribution in [0.1, 0.15) is 58.8 Å². The normalized spacial score (nSPS) is 14.5. The van der Waals surface area contributed by atoms with Crippen molar-refractivity contribution in [2.75, 3.05) is 7.11 Å². The summed E-state index contributed by atoms with van der Waals surface area (Å²) in [7, 11) is 1.39. The van der Waals surface area contributed by atoms with E-state index in [0.29, 0.717) is 0 Å². The number of nitrogens with two attached hydrogens (primary N) is 1. The Balaban J connectivity index is 3.49. The van der Waals surface area contributed by atoms with Crippen molar-refractivity contribution in [2.24, 2.45) is 11.7 Å². The molecule has 0 rings (SSSR count). The van der Waals surface area contributed by atoms with Gasteiger partial charge in [-0.15, -0.1) is 0 Å². The molecule has 0 bridgehead atoms. The fourth-order valence-corrected chi connectivity index (χ4v) is 1.79. The molecule has 0 aromatic rings. The van der Waals surface area contributed by atoms with E-state index in [2.05, 4.69) is 11.7 Å². The van der Waals surface area contributed by atoms with Gasteiger partial charge in [-0.05, 0) is 12.3 Å². The van der Waals surface area contributed by atoms with Gasteiger partial charge < -0.3 is 10.5 Å². The molecule has 0 radical (unpaired) electrons. The summed E-state index contributed by atoms with van der Waals surface area (Å²) >= 11 is 0. The molecule has 3 nitrogen and oxygen atoms in total. The van der Waals surface area contributed by atoms with Crippen molar-refractivity contribution in [3.05, 3.63) is 0 Å². The Morgan fingerprint density at radius 2 is 1.75 bits per heavy atom. The Morgan fingerprint density at radius 1 is 1.19 bits per heavy atom. The number of ether oxygens (including phenoxy) is 1. The molecular weight excluding hydrogens is 202 g/mol. The SMILES string of the molecule is CCCCCCCCC(C)C(N)C(=O)OC. The zero-order valence-corrected chi connectivity index (χ0v) is 11.0. The molecule has 0 amide bonds. The molecule has 2 atom stereocenters. The molecule has 3 heteroatoms. The number of carbonyl (C=O) groups excluding carboxylic acids is 1. The quantitative estimate of drug-likeness (QED) is 0.488. The number of carbonyl (C=O) groups is 1. The molecule has 0 fully saturated rings. The van der Waals surface area contributed by atoms with Crippen LogP contribution in [-0.4, -0.2) is 19.1 Å². The highest BCUT2D eigenvalue weighted by atomic mass is 16.5. The summed E-state index contributed by atoms with van der Waals surface area (Å²) in [6.07, 6.45) is 8.67. The average molecular weight is 229 g/mol. The summed E-state index contributed by atoms with van der Waals surface area (Å²) in [5.74, 6) is -0.0721. The number of unbranched alkanes of at least 4 members (excludes halogenated alkanes) is 5. The number of hydrogen-bond donors (Lipinski definition) is 1. The molecule has 16 heavy (non-hydrogen) atoms. The van der Waals surface area contributed by atoms with Gasteiger partial charge in [-0.3, -0.25) is 4.79 Å². The van der Waals surface area contributed by atoms with Gasteiger partial charge >= 0.3 is 5.97 Å². The summed E-state index contributed by atoms with van der Waals surface area (Å²) < 4.78 is 4.63. The van der Waals surface area contributed by atoms with Gasteiger partial charge in [0, 0.05) is 0 Å². The lowest BCUT2D eigenvalue weighted by molar-refractivity contribution is -0.143. The van der Waals surface area contributed by atoms with Gasteiger partial charge in [0.2, 0.25) is 0 Å². The summed E-state index contributed by atoms with van der Waals surface area (Å²) in [5.41, 5.74) is 5.76. The van der Waals surface area contributed by atoms with Crippen LogP contribution in [0, 0.1) is 5.92 Å². The van der Waals surface area contributed by atoms with Crippen LogP contribution in [0.25, 0.3) is 0 Å². The minimum absolute atomic E-state index is 0.221. The van der Waals surface area contributed by atoms with Crippen molar-refractivity contribution in [3.63, 3.8) is 0 Å². The van der Waals surface area contributed by atoms with Gasteiger partial charge in [0.15, 0.2) is 0 Å². The van der Waals surface area contributed by atoms with E-state index in [1.54, 1.807) is 0 Å². The average Bonchev–Trinajstić information content (AvgIpc) is 2.31. The Bertz CT molecular complexity index is 183. The third-order valence-corrected chi connectivity index (χ3v) is 3.10. The van der Waals surface area contributed by atoms with Crippen LogP contribution in [0.2, 0.25) is 0 Å². The zero-order valence-electron chi connectivity index (χ0n) is 11.0. The summed E-state index contributed by atoms with van der Waals surface area (Å²) in [6.45, 7) is 4.24. The van der Waals surface area contributed by atoms with Crippen molar-refractivity contribution in [3.8, 4) is 0 Å². The molecule has 0 aliphatic rings. The highest BCUT2D eigenvalue weighted by Gasteiger charge is 2.20. The van der Waals surface area contributed by atoms with E-state index in [1.165, 1.54) is 39.2 Å². The standard InChI is InChI=1S/C13H27NO2/c1-4-5-6-7-8-9-10-11(2)12(14)13(15)16-3/h11-12H,4-10,14H2,1-3H3. The largest absolute Gasteiger partial charge is 0.468 e. The fraction of sp³-hybridized carbons (Fsp3) is 0.923. The van der Waals surface area contributed by atoms with Gasteiger partial charge in [0.1, 0.15) is 6.04 Å². The predicted octanol–water partition coefficient (Wildman–Crippen LogP) is 2.87. The van der Waals surface area contributed by atoms with E-state index in [1.807, 2.05) is 6.92 Å². The fourth-order valence-electron chi connectivity index (χ4n) is 1.79. The smallest absolute Gasteiger partial charge is 0.322 e. The highest BCUT2D eigenvalue weighted by Crippen LogP contribution is 2.14. The lowest BCUT2D eigenvalue weighted by Gasteiger charge is -2.17. The second kappa shape index (κ2) is 9.64. The second-order valence-corrected chi connectivity index (χ2v) is 4.58. The maximum absolute atomic E-state index is 11.2. The van der Waals surface area contributed by atoms with Crippen molar-refractivity contribution < 1.29 is 9.53 Å². The highest BCUT2D eigenvalue weighted by molar-refractivity contribution is 5.75. The molecule has 0 aliphatic carbocycles. The Hall–Kier alpha value is -0.570. The molecule has 2 unspecified atom stereocenters. The van der Waals surface area contributed by atoms with Crippen LogP contribution in [-0.2, 0) is 9.53 Å². The number of methoxy groups -OCH3 is 1. The molecular formula is C13H27NO2. The topological polar surface area (TPSA) is 52.3 Å². The van der Waals surface area contributed by atoms with Gasteiger partial charge in [0.25, 0.3) is 0 Å². The molecule has 0 spiro atoms. The molecule has 0 saturated carbocycles. The first kappa shape index (κ1) is 15.4. The maximum Gasteiger partial charge on any atom is 0.322 e. The van der Waals surface area contributed by atoms with Crippen LogP contribution < -0.4 is 5.73 Å². The van der Waals surface area contributed by atoms with E-state index >= 15 is 0 Å². The lowest BCUT2D eigenvalue weighted by atomic mass is 9.95.